The molecule has 1 rings (SSSR count). The monoisotopic (exact) mass is 279 g/mol. The van der Waals surface area contributed by atoms with Crippen molar-refractivity contribution in [3.8, 4) is 5.75 Å². The van der Waals surface area contributed by atoms with Gasteiger partial charge in [0.05, 0.1) is 20.3 Å². The number of carbonyl (C=O) groups is 1. The number of benzene rings is 1. The Bertz CT molecular complexity index is 515. The maximum absolute atomic E-state index is 11.3. The molecular formula is C13H17N3O4. The van der Waals surface area contributed by atoms with Crippen LogP contribution in [0.3, 0.4) is 0 Å². The number of carbonyl (C=O) groups excluding carboxylic acids is 1. The SMILES string of the molecule is COc1cc(/C=C/C(=O)NC(=N)N)cc(CO)c1CO. The summed E-state index contributed by atoms with van der Waals surface area (Å²) >= 11 is 0. The summed E-state index contributed by atoms with van der Waals surface area (Å²) in [5, 5.41) is 27.6. The predicted molar refractivity (Wildman–Crippen MR) is 73.9 cm³/mol. The molecule has 0 aliphatic rings. The second kappa shape index (κ2) is 7.27. The average Bonchev–Trinajstić information content (AvgIpc) is 2.42. The zero-order chi connectivity index (χ0) is 15.1. The van der Waals surface area contributed by atoms with Gasteiger partial charge in [-0.3, -0.25) is 15.5 Å². The van der Waals surface area contributed by atoms with Gasteiger partial charge < -0.3 is 20.7 Å². The normalized spacial score (nSPS) is 10.6. The van der Waals surface area contributed by atoms with Crippen molar-refractivity contribution >= 4 is 17.9 Å². The number of hydrogen-bond acceptors (Lipinski definition) is 5. The minimum Gasteiger partial charge on any atom is -0.496 e. The van der Waals surface area contributed by atoms with Crippen LogP contribution in [-0.4, -0.2) is 29.2 Å². The fraction of sp³-hybridized carbons (Fsp3) is 0.231. The second-order valence-electron chi connectivity index (χ2n) is 3.91. The molecule has 6 N–H and O–H groups in total. The van der Waals surface area contributed by atoms with Crippen LogP contribution in [0.4, 0.5) is 0 Å². The standard InChI is InChI=1S/C13H17N3O4/c1-20-11-5-8(2-3-12(19)16-13(14)15)4-9(6-17)10(11)7-18/h2-5,17-18H,6-7H2,1H3,(H4,14,15,16,19)/b3-2+. The lowest BCUT2D eigenvalue weighted by Crippen LogP contribution is -2.34. The molecule has 108 valence electrons. The van der Waals surface area contributed by atoms with Gasteiger partial charge in [-0.25, -0.2) is 0 Å². The molecule has 0 heterocycles. The number of aliphatic hydroxyl groups is 2. The predicted octanol–water partition coefficient (Wildman–Crippen LogP) is -0.297. The number of methoxy groups -OCH3 is 1. The summed E-state index contributed by atoms with van der Waals surface area (Å²) in [6.07, 6.45) is 2.69. The van der Waals surface area contributed by atoms with Crippen LogP contribution in [0.25, 0.3) is 6.08 Å². The molecule has 0 spiro atoms. The minimum absolute atomic E-state index is 0.256. The Balaban J connectivity index is 3.04. The molecule has 0 unspecified atom stereocenters. The van der Waals surface area contributed by atoms with Gasteiger partial charge in [0.25, 0.3) is 5.91 Å². The van der Waals surface area contributed by atoms with Crippen molar-refractivity contribution in [2.24, 2.45) is 5.73 Å². The number of aliphatic hydroxyl groups excluding tert-OH is 2. The molecule has 1 aromatic carbocycles. The van der Waals surface area contributed by atoms with Gasteiger partial charge in [-0.05, 0) is 29.3 Å². The van der Waals surface area contributed by atoms with E-state index in [1.807, 2.05) is 0 Å². The van der Waals surface area contributed by atoms with Crippen molar-refractivity contribution in [2.45, 2.75) is 13.2 Å². The number of nitrogens with two attached hydrogens (primary N) is 1. The molecule has 0 aliphatic carbocycles. The lowest BCUT2D eigenvalue weighted by Gasteiger charge is -2.12. The van der Waals surface area contributed by atoms with Gasteiger partial charge in [-0.15, -0.1) is 0 Å². The van der Waals surface area contributed by atoms with Crippen LogP contribution in [0.15, 0.2) is 18.2 Å². The molecule has 0 saturated carbocycles. The van der Waals surface area contributed by atoms with E-state index in [0.717, 1.165) is 0 Å². The summed E-state index contributed by atoms with van der Waals surface area (Å²) in [4.78, 5) is 11.3. The highest BCUT2D eigenvalue weighted by Crippen LogP contribution is 2.25. The maximum atomic E-state index is 11.3. The first kappa shape index (κ1) is 15.7. The first-order valence-corrected chi connectivity index (χ1v) is 5.76. The Kier molecular flexibility index (Phi) is 5.70. The molecule has 0 radical (unpaired) electrons. The molecule has 7 heteroatoms. The van der Waals surface area contributed by atoms with E-state index in [9.17, 15) is 15.0 Å². The van der Waals surface area contributed by atoms with E-state index in [2.05, 4.69) is 5.32 Å². The summed E-state index contributed by atoms with van der Waals surface area (Å²) in [5.74, 6) is -0.553. The van der Waals surface area contributed by atoms with Crippen LogP contribution in [0.1, 0.15) is 16.7 Å². The molecule has 0 atom stereocenters. The molecule has 0 aromatic heterocycles. The zero-order valence-corrected chi connectivity index (χ0v) is 11.0. The largest absolute Gasteiger partial charge is 0.496 e. The zero-order valence-electron chi connectivity index (χ0n) is 11.0. The molecule has 0 saturated heterocycles. The number of ether oxygens (including phenoxy) is 1. The molecule has 0 aliphatic heterocycles. The van der Waals surface area contributed by atoms with Gasteiger partial charge in [-0.2, -0.15) is 0 Å². The first-order chi connectivity index (χ1) is 9.51. The third kappa shape index (κ3) is 4.08. The lowest BCUT2D eigenvalue weighted by molar-refractivity contribution is -0.115. The summed E-state index contributed by atoms with van der Waals surface area (Å²) in [6.45, 7) is -0.512. The lowest BCUT2D eigenvalue weighted by atomic mass is 10.0. The molecule has 1 amide bonds. The molecule has 0 fully saturated rings. The summed E-state index contributed by atoms with van der Waals surface area (Å²) in [5.41, 5.74) is 6.65. The minimum atomic E-state index is -0.534. The molecule has 7 nitrogen and oxygen atoms in total. The van der Waals surface area contributed by atoms with Gasteiger partial charge in [0.2, 0.25) is 0 Å². The van der Waals surface area contributed by atoms with Crippen molar-refractivity contribution in [1.82, 2.24) is 5.32 Å². The van der Waals surface area contributed by atoms with Crippen LogP contribution in [-0.2, 0) is 18.0 Å². The summed E-state index contributed by atoms with van der Waals surface area (Å²) < 4.78 is 5.13. The van der Waals surface area contributed by atoms with Crippen molar-refractivity contribution in [2.75, 3.05) is 7.11 Å². The van der Waals surface area contributed by atoms with Crippen LogP contribution in [0.5, 0.6) is 5.75 Å². The smallest absolute Gasteiger partial charge is 0.250 e. The topological polar surface area (TPSA) is 129 Å². The molecule has 1 aromatic rings. The number of amides is 1. The van der Waals surface area contributed by atoms with Crippen molar-refractivity contribution in [3.05, 3.63) is 34.9 Å². The third-order valence-corrected chi connectivity index (χ3v) is 2.56. The first-order valence-electron chi connectivity index (χ1n) is 5.76. The van der Waals surface area contributed by atoms with Gasteiger partial charge in [0, 0.05) is 11.6 Å². The maximum Gasteiger partial charge on any atom is 0.250 e. The van der Waals surface area contributed by atoms with Crippen molar-refractivity contribution < 1.29 is 19.7 Å². The van der Waals surface area contributed by atoms with Gasteiger partial charge in [0.15, 0.2) is 5.96 Å². The summed E-state index contributed by atoms with van der Waals surface area (Å²) in [6, 6.07) is 3.26. The number of rotatable bonds is 5. The van der Waals surface area contributed by atoms with E-state index >= 15 is 0 Å². The molecular weight excluding hydrogens is 262 g/mol. The second-order valence-corrected chi connectivity index (χ2v) is 3.91. The van der Waals surface area contributed by atoms with Gasteiger partial charge in [-0.1, -0.05) is 0 Å². The fourth-order valence-corrected chi connectivity index (χ4v) is 1.67. The highest BCUT2D eigenvalue weighted by atomic mass is 16.5. The van der Waals surface area contributed by atoms with Crippen LogP contribution >= 0.6 is 0 Å². The van der Waals surface area contributed by atoms with E-state index in [-0.39, 0.29) is 13.2 Å². The van der Waals surface area contributed by atoms with Gasteiger partial charge in [0.1, 0.15) is 5.75 Å². The Labute approximate surface area is 116 Å². The van der Waals surface area contributed by atoms with E-state index in [0.29, 0.717) is 22.4 Å². The van der Waals surface area contributed by atoms with E-state index in [1.165, 1.54) is 19.3 Å². The van der Waals surface area contributed by atoms with Gasteiger partial charge >= 0.3 is 0 Å². The number of guanidine groups is 1. The Morgan fingerprint density at radius 3 is 2.65 bits per heavy atom. The van der Waals surface area contributed by atoms with Crippen molar-refractivity contribution in [3.63, 3.8) is 0 Å². The number of nitrogens with one attached hydrogen (secondary N) is 2. The van der Waals surface area contributed by atoms with Crippen LogP contribution in [0.2, 0.25) is 0 Å². The van der Waals surface area contributed by atoms with E-state index in [4.69, 9.17) is 15.9 Å². The Morgan fingerprint density at radius 2 is 2.15 bits per heavy atom. The van der Waals surface area contributed by atoms with Crippen LogP contribution < -0.4 is 15.8 Å². The highest BCUT2D eigenvalue weighted by molar-refractivity contribution is 6.02. The molecule has 20 heavy (non-hydrogen) atoms. The third-order valence-electron chi connectivity index (χ3n) is 2.56. The molecule has 0 bridgehead atoms. The van der Waals surface area contributed by atoms with Crippen LogP contribution in [0, 0.1) is 5.41 Å². The Hall–Kier alpha value is -2.38. The average molecular weight is 279 g/mol. The quantitative estimate of drug-likeness (QED) is 0.287. The van der Waals surface area contributed by atoms with E-state index in [1.54, 1.807) is 12.1 Å². The van der Waals surface area contributed by atoms with Crippen molar-refractivity contribution in [1.29, 1.82) is 5.41 Å². The fourth-order valence-electron chi connectivity index (χ4n) is 1.67. The number of hydrogen-bond donors (Lipinski definition) is 5. The Morgan fingerprint density at radius 1 is 1.45 bits per heavy atom. The highest BCUT2D eigenvalue weighted by Gasteiger charge is 2.09. The summed E-state index contributed by atoms with van der Waals surface area (Å²) in [7, 11) is 1.45. The van der Waals surface area contributed by atoms with E-state index < -0.39 is 11.9 Å².